The number of imide groups is 1. The van der Waals surface area contributed by atoms with E-state index in [2.05, 4.69) is 39.9 Å². The van der Waals surface area contributed by atoms with Crippen LogP contribution in [0.5, 0.6) is 0 Å². The number of nitrogens with one attached hydrogen (secondary N) is 1. The fourth-order valence-corrected chi connectivity index (χ4v) is 5.38. The Balaban J connectivity index is 1.93. The Morgan fingerprint density at radius 2 is 1.52 bits per heavy atom. The molecule has 1 N–H and O–H groups in total. The van der Waals surface area contributed by atoms with Gasteiger partial charge in [-0.2, -0.15) is 0 Å². The third kappa shape index (κ3) is 6.29. The molecule has 4 nitrogen and oxygen atoms in total. The summed E-state index contributed by atoms with van der Waals surface area (Å²) in [6.45, 7) is 13.3. The number of rotatable bonds is 12. The lowest BCUT2D eigenvalue weighted by atomic mass is 9.69. The maximum atomic E-state index is 12.3. The van der Waals surface area contributed by atoms with Crippen molar-refractivity contribution in [2.75, 3.05) is 13.1 Å². The van der Waals surface area contributed by atoms with Gasteiger partial charge in [0.25, 0.3) is 0 Å². The Morgan fingerprint density at radius 3 is 2.10 bits per heavy atom. The minimum absolute atomic E-state index is 0.0107. The molecule has 2 rings (SSSR count). The van der Waals surface area contributed by atoms with E-state index in [9.17, 15) is 9.59 Å². The first kappa shape index (κ1) is 24.4. The molecule has 1 atom stereocenters. The number of carbonyl (C=O) groups is 2. The van der Waals surface area contributed by atoms with E-state index < -0.39 is 5.54 Å². The van der Waals surface area contributed by atoms with Crippen LogP contribution in [0, 0.1) is 17.3 Å². The Kier molecular flexibility index (Phi) is 9.18. The van der Waals surface area contributed by atoms with Crippen molar-refractivity contribution in [2.24, 2.45) is 17.3 Å². The number of unbranched alkanes of at least 4 members (excludes halogenated alkanes) is 3. The standard InChI is InChI=1S/C25H46N2O2/c1-6-7-8-9-11-20(21-15-18-26-19-16-21)12-10-17-24(2,3)25(4,5)27-22(28)13-14-23(27)29/h20-21,26H,6-19H2,1-5H3. The second kappa shape index (κ2) is 10.9. The second-order valence-electron chi connectivity index (χ2n) is 10.7. The van der Waals surface area contributed by atoms with Crippen molar-refractivity contribution in [3.63, 3.8) is 0 Å². The average Bonchev–Trinajstić information content (AvgIpc) is 3.03. The fourth-order valence-electron chi connectivity index (χ4n) is 5.38. The van der Waals surface area contributed by atoms with Crippen LogP contribution in [0.15, 0.2) is 0 Å². The molecule has 0 bridgehead atoms. The van der Waals surface area contributed by atoms with E-state index in [0.29, 0.717) is 12.8 Å². The summed E-state index contributed by atoms with van der Waals surface area (Å²) in [6, 6.07) is 0. The first-order chi connectivity index (χ1) is 13.7. The summed E-state index contributed by atoms with van der Waals surface area (Å²) in [4.78, 5) is 26.2. The van der Waals surface area contributed by atoms with E-state index in [-0.39, 0.29) is 17.2 Å². The van der Waals surface area contributed by atoms with Gasteiger partial charge in [0.1, 0.15) is 0 Å². The lowest BCUT2D eigenvalue weighted by Gasteiger charge is -2.47. The molecule has 0 saturated carbocycles. The van der Waals surface area contributed by atoms with Gasteiger partial charge >= 0.3 is 0 Å². The molecule has 0 aliphatic carbocycles. The van der Waals surface area contributed by atoms with E-state index in [1.807, 2.05) is 0 Å². The van der Waals surface area contributed by atoms with E-state index in [1.54, 1.807) is 4.90 Å². The van der Waals surface area contributed by atoms with E-state index in [4.69, 9.17) is 0 Å². The first-order valence-electron chi connectivity index (χ1n) is 12.3. The highest BCUT2D eigenvalue weighted by Gasteiger charge is 2.48. The van der Waals surface area contributed by atoms with Crippen LogP contribution in [0.3, 0.4) is 0 Å². The maximum Gasteiger partial charge on any atom is 0.230 e. The molecule has 0 spiro atoms. The minimum atomic E-state index is -0.428. The topological polar surface area (TPSA) is 49.4 Å². The van der Waals surface area contributed by atoms with Crippen LogP contribution in [0.4, 0.5) is 0 Å². The average molecular weight is 407 g/mol. The van der Waals surface area contributed by atoms with Crippen molar-refractivity contribution < 1.29 is 9.59 Å². The Hall–Kier alpha value is -0.900. The zero-order valence-electron chi connectivity index (χ0n) is 19.8. The molecule has 29 heavy (non-hydrogen) atoms. The fraction of sp³-hybridized carbons (Fsp3) is 0.920. The zero-order valence-corrected chi connectivity index (χ0v) is 19.8. The van der Waals surface area contributed by atoms with Gasteiger partial charge in [-0.05, 0) is 63.5 Å². The molecule has 2 aliphatic heterocycles. The number of likely N-dealkylation sites (tertiary alicyclic amines) is 1. The SMILES string of the molecule is CCCCCCC(CCCC(C)(C)C(C)(C)N1C(=O)CCC1=O)C1CCNCC1. The lowest BCUT2D eigenvalue weighted by molar-refractivity contribution is -0.149. The molecule has 2 saturated heterocycles. The number of carbonyl (C=O) groups excluding carboxylic acids is 2. The molecular weight excluding hydrogens is 360 g/mol. The van der Waals surface area contributed by atoms with Crippen LogP contribution >= 0.6 is 0 Å². The van der Waals surface area contributed by atoms with Crippen LogP contribution in [0.2, 0.25) is 0 Å². The van der Waals surface area contributed by atoms with Crippen LogP contribution in [-0.4, -0.2) is 35.3 Å². The van der Waals surface area contributed by atoms with Crippen molar-refractivity contribution in [1.82, 2.24) is 10.2 Å². The third-order valence-electron chi connectivity index (χ3n) is 8.12. The summed E-state index contributed by atoms with van der Waals surface area (Å²) in [5.74, 6) is 1.73. The van der Waals surface area contributed by atoms with Crippen LogP contribution in [0.25, 0.3) is 0 Å². The quantitative estimate of drug-likeness (QED) is 0.334. The van der Waals surface area contributed by atoms with Crippen molar-refractivity contribution in [3.8, 4) is 0 Å². The number of nitrogens with zero attached hydrogens (tertiary/aromatic N) is 1. The molecule has 2 heterocycles. The van der Waals surface area contributed by atoms with Gasteiger partial charge in [0, 0.05) is 12.8 Å². The van der Waals surface area contributed by atoms with Gasteiger partial charge in [0.2, 0.25) is 11.8 Å². The van der Waals surface area contributed by atoms with Crippen molar-refractivity contribution in [2.45, 2.75) is 117 Å². The summed E-state index contributed by atoms with van der Waals surface area (Å²) in [7, 11) is 0. The molecule has 0 aromatic rings. The second-order valence-corrected chi connectivity index (χ2v) is 10.7. The monoisotopic (exact) mass is 406 g/mol. The summed E-state index contributed by atoms with van der Waals surface area (Å²) in [6.07, 6.45) is 13.7. The predicted molar refractivity (Wildman–Crippen MR) is 121 cm³/mol. The van der Waals surface area contributed by atoms with Crippen LogP contribution in [0.1, 0.15) is 112 Å². The lowest BCUT2D eigenvalue weighted by Crippen LogP contribution is -2.56. The van der Waals surface area contributed by atoms with Crippen molar-refractivity contribution >= 4 is 11.8 Å². The molecule has 4 heteroatoms. The normalized spacial score (nSPS) is 20.5. The summed E-state index contributed by atoms with van der Waals surface area (Å²) in [5.41, 5.74) is -0.507. The highest BCUT2D eigenvalue weighted by molar-refractivity contribution is 6.02. The molecule has 2 fully saturated rings. The van der Waals surface area contributed by atoms with Gasteiger partial charge in [0.05, 0.1) is 5.54 Å². The smallest absolute Gasteiger partial charge is 0.230 e. The summed E-state index contributed by atoms with van der Waals surface area (Å²) in [5, 5.41) is 3.52. The molecule has 0 radical (unpaired) electrons. The predicted octanol–water partition coefficient (Wildman–Crippen LogP) is 5.70. The van der Waals surface area contributed by atoms with Gasteiger partial charge in [0.15, 0.2) is 0 Å². The zero-order chi connectivity index (χ0) is 21.5. The van der Waals surface area contributed by atoms with Gasteiger partial charge in [-0.15, -0.1) is 0 Å². The molecule has 2 amide bonds. The summed E-state index contributed by atoms with van der Waals surface area (Å²) < 4.78 is 0. The van der Waals surface area contributed by atoms with Gasteiger partial charge in [-0.25, -0.2) is 0 Å². The molecular formula is C25H46N2O2. The first-order valence-corrected chi connectivity index (χ1v) is 12.3. The Morgan fingerprint density at radius 1 is 0.931 bits per heavy atom. The number of piperidine rings is 1. The van der Waals surface area contributed by atoms with Gasteiger partial charge < -0.3 is 5.32 Å². The maximum absolute atomic E-state index is 12.3. The molecule has 0 aromatic heterocycles. The van der Waals surface area contributed by atoms with E-state index in [0.717, 1.165) is 18.3 Å². The Bertz CT molecular complexity index is 519. The number of hydrogen-bond donors (Lipinski definition) is 1. The third-order valence-corrected chi connectivity index (χ3v) is 8.12. The molecule has 0 aromatic carbocycles. The van der Waals surface area contributed by atoms with Crippen molar-refractivity contribution in [3.05, 3.63) is 0 Å². The Labute approximate surface area is 179 Å². The van der Waals surface area contributed by atoms with E-state index in [1.165, 1.54) is 70.9 Å². The molecule has 2 aliphatic rings. The molecule has 1 unspecified atom stereocenters. The van der Waals surface area contributed by atoms with Gasteiger partial charge in [-0.1, -0.05) is 65.7 Å². The van der Waals surface area contributed by atoms with Crippen molar-refractivity contribution in [1.29, 1.82) is 0 Å². The highest BCUT2D eigenvalue weighted by Crippen LogP contribution is 2.43. The molecule has 168 valence electrons. The van der Waals surface area contributed by atoms with E-state index >= 15 is 0 Å². The highest BCUT2D eigenvalue weighted by atomic mass is 16.2. The van der Waals surface area contributed by atoms with Crippen LogP contribution in [-0.2, 0) is 9.59 Å². The number of hydrogen-bond acceptors (Lipinski definition) is 3. The van der Waals surface area contributed by atoms with Crippen LogP contribution < -0.4 is 5.32 Å². The summed E-state index contributed by atoms with van der Waals surface area (Å²) >= 11 is 0. The van der Waals surface area contributed by atoms with Gasteiger partial charge in [-0.3, -0.25) is 14.5 Å². The number of amides is 2. The minimum Gasteiger partial charge on any atom is -0.317 e. The largest absolute Gasteiger partial charge is 0.317 e.